The monoisotopic (exact) mass is 370 g/mol. The van der Waals surface area contributed by atoms with Crippen LogP contribution in [0.5, 0.6) is 0 Å². The topological polar surface area (TPSA) is 71.3 Å². The standard InChI is InChI=1S/C17H21F3N4O2/c1-4-12(15-21-11(3)23-26-15)10-24(5-2)16(25)22-14-8-6-13(7-9-14)17(18,19)20/h6-9,12H,4-5,10H2,1-3H3,(H,22,25). The molecule has 0 bridgehead atoms. The molecule has 0 aliphatic carbocycles. The van der Waals surface area contributed by atoms with Crippen molar-refractivity contribution >= 4 is 11.7 Å². The zero-order valence-electron chi connectivity index (χ0n) is 14.8. The maximum atomic E-state index is 12.6. The van der Waals surface area contributed by atoms with Gasteiger partial charge in [0.05, 0.1) is 11.5 Å². The van der Waals surface area contributed by atoms with Crippen molar-refractivity contribution in [2.75, 3.05) is 18.4 Å². The molecular formula is C17H21F3N4O2. The first-order chi connectivity index (χ1) is 12.2. The van der Waals surface area contributed by atoms with Gasteiger partial charge >= 0.3 is 12.2 Å². The van der Waals surface area contributed by atoms with Gasteiger partial charge in [0.2, 0.25) is 5.89 Å². The zero-order chi connectivity index (χ0) is 19.3. The van der Waals surface area contributed by atoms with Gasteiger partial charge in [0.1, 0.15) is 0 Å². The van der Waals surface area contributed by atoms with Gasteiger partial charge in [-0.2, -0.15) is 18.2 Å². The number of aryl methyl sites for hydroxylation is 1. The van der Waals surface area contributed by atoms with Crippen LogP contribution in [0.15, 0.2) is 28.8 Å². The van der Waals surface area contributed by atoms with E-state index in [0.717, 1.165) is 12.1 Å². The molecule has 0 aliphatic heterocycles. The number of halogens is 3. The van der Waals surface area contributed by atoms with E-state index in [-0.39, 0.29) is 5.92 Å². The minimum atomic E-state index is -4.41. The lowest BCUT2D eigenvalue weighted by atomic mass is 10.1. The van der Waals surface area contributed by atoms with Gasteiger partial charge in [-0.05, 0) is 44.5 Å². The molecule has 0 saturated heterocycles. The van der Waals surface area contributed by atoms with Gasteiger partial charge in [-0.25, -0.2) is 4.79 Å². The molecule has 2 rings (SSSR count). The second kappa shape index (κ2) is 8.20. The molecule has 1 atom stereocenters. The molecule has 1 unspecified atom stereocenters. The summed E-state index contributed by atoms with van der Waals surface area (Å²) in [6, 6.07) is 3.92. The Morgan fingerprint density at radius 1 is 1.27 bits per heavy atom. The number of amides is 2. The summed E-state index contributed by atoms with van der Waals surface area (Å²) >= 11 is 0. The Morgan fingerprint density at radius 2 is 1.92 bits per heavy atom. The lowest BCUT2D eigenvalue weighted by Gasteiger charge is -2.24. The normalized spacial score (nSPS) is 12.7. The minimum absolute atomic E-state index is 0.116. The molecule has 0 fully saturated rings. The van der Waals surface area contributed by atoms with Crippen molar-refractivity contribution < 1.29 is 22.5 Å². The van der Waals surface area contributed by atoms with Crippen LogP contribution in [0, 0.1) is 6.92 Å². The molecule has 0 radical (unpaired) electrons. The molecule has 1 aromatic carbocycles. The van der Waals surface area contributed by atoms with Crippen LogP contribution in [-0.4, -0.2) is 34.2 Å². The molecule has 1 heterocycles. The highest BCUT2D eigenvalue weighted by Crippen LogP contribution is 2.30. The number of nitrogens with one attached hydrogen (secondary N) is 1. The van der Waals surface area contributed by atoms with Crippen LogP contribution < -0.4 is 5.32 Å². The van der Waals surface area contributed by atoms with Gasteiger partial charge in [0, 0.05) is 18.8 Å². The summed E-state index contributed by atoms with van der Waals surface area (Å²) in [6.07, 6.45) is -3.71. The Balaban J connectivity index is 2.03. The fraction of sp³-hybridized carbons (Fsp3) is 0.471. The van der Waals surface area contributed by atoms with E-state index in [1.165, 1.54) is 12.1 Å². The van der Waals surface area contributed by atoms with E-state index in [0.29, 0.717) is 36.9 Å². The average molecular weight is 370 g/mol. The van der Waals surface area contributed by atoms with Crippen molar-refractivity contribution in [3.63, 3.8) is 0 Å². The van der Waals surface area contributed by atoms with Gasteiger partial charge < -0.3 is 14.7 Å². The Bertz CT molecular complexity index is 728. The molecule has 0 spiro atoms. The van der Waals surface area contributed by atoms with Crippen molar-refractivity contribution in [1.29, 1.82) is 0 Å². The van der Waals surface area contributed by atoms with Gasteiger partial charge in [-0.3, -0.25) is 0 Å². The van der Waals surface area contributed by atoms with Crippen molar-refractivity contribution in [1.82, 2.24) is 15.0 Å². The minimum Gasteiger partial charge on any atom is -0.339 e. The third-order valence-corrected chi connectivity index (χ3v) is 3.96. The average Bonchev–Trinajstić information content (AvgIpc) is 3.01. The molecule has 0 aliphatic rings. The number of carbonyl (C=O) groups excluding carboxylic acids is 1. The summed E-state index contributed by atoms with van der Waals surface area (Å²) in [6.45, 7) is 6.27. The summed E-state index contributed by atoms with van der Waals surface area (Å²) < 4.78 is 43.0. The molecule has 2 aromatic rings. The molecule has 26 heavy (non-hydrogen) atoms. The number of urea groups is 1. The highest BCUT2D eigenvalue weighted by molar-refractivity contribution is 5.89. The first-order valence-corrected chi connectivity index (χ1v) is 8.28. The number of hydrogen-bond acceptors (Lipinski definition) is 4. The maximum Gasteiger partial charge on any atom is 0.416 e. The fourth-order valence-corrected chi connectivity index (χ4v) is 2.43. The second-order valence-electron chi connectivity index (χ2n) is 5.83. The molecule has 6 nitrogen and oxygen atoms in total. The SMILES string of the molecule is CCC(CN(CC)C(=O)Nc1ccc(C(F)(F)F)cc1)c1nc(C)no1. The quantitative estimate of drug-likeness (QED) is 0.816. The van der Waals surface area contributed by atoms with E-state index in [1.54, 1.807) is 11.8 Å². The third kappa shape index (κ3) is 4.96. The first kappa shape index (κ1) is 19.7. The van der Waals surface area contributed by atoms with Gasteiger partial charge in [0.25, 0.3) is 0 Å². The number of anilines is 1. The van der Waals surface area contributed by atoms with Crippen LogP contribution in [0.2, 0.25) is 0 Å². The summed E-state index contributed by atoms with van der Waals surface area (Å²) in [5.74, 6) is 0.871. The molecule has 142 valence electrons. The van der Waals surface area contributed by atoms with Crippen molar-refractivity contribution in [3.8, 4) is 0 Å². The molecular weight excluding hydrogens is 349 g/mol. The highest BCUT2D eigenvalue weighted by atomic mass is 19.4. The number of carbonyl (C=O) groups is 1. The molecule has 1 aromatic heterocycles. The van der Waals surface area contributed by atoms with Gasteiger partial charge in [-0.1, -0.05) is 12.1 Å². The molecule has 9 heteroatoms. The van der Waals surface area contributed by atoms with Crippen LogP contribution in [0.25, 0.3) is 0 Å². The fourth-order valence-electron chi connectivity index (χ4n) is 2.43. The lowest BCUT2D eigenvalue weighted by molar-refractivity contribution is -0.137. The summed E-state index contributed by atoms with van der Waals surface area (Å²) in [7, 11) is 0. The van der Waals surface area contributed by atoms with Crippen molar-refractivity contribution in [2.24, 2.45) is 0 Å². The number of likely N-dealkylation sites (N-methyl/N-ethyl adjacent to an activating group) is 1. The van der Waals surface area contributed by atoms with E-state index in [1.807, 2.05) is 13.8 Å². The van der Waals surface area contributed by atoms with E-state index < -0.39 is 17.8 Å². The molecule has 1 N–H and O–H groups in total. The summed E-state index contributed by atoms with van der Waals surface area (Å²) in [4.78, 5) is 18.2. The Hall–Kier alpha value is -2.58. The number of benzene rings is 1. The van der Waals surface area contributed by atoms with Crippen LogP contribution >= 0.6 is 0 Å². The van der Waals surface area contributed by atoms with E-state index in [2.05, 4.69) is 15.5 Å². The lowest BCUT2D eigenvalue weighted by Crippen LogP contribution is -2.37. The third-order valence-electron chi connectivity index (χ3n) is 3.96. The van der Waals surface area contributed by atoms with Crippen molar-refractivity contribution in [3.05, 3.63) is 41.5 Å². The zero-order valence-corrected chi connectivity index (χ0v) is 14.8. The van der Waals surface area contributed by atoms with E-state index in [4.69, 9.17) is 4.52 Å². The van der Waals surface area contributed by atoms with Gasteiger partial charge in [-0.15, -0.1) is 0 Å². The summed E-state index contributed by atoms with van der Waals surface area (Å²) in [5.41, 5.74) is -0.469. The van der Waals surface area contributed by atoms with E-state index in [9.17, 15) is 18.0 Å². The maximum absolute atomic E-state index is 12.6. The summed E-state index contributed by atoms with van der Waals surface area (Å²) in [5, 5.41) is 6.37. The molecule has 0 saturated carbocycles. The van der Waals surface area contributed by atoms with Crippen LogP contribution in [0.3, 0.4) is 0 Å². The molecule has 2 amide bonds. The Kier molecular flexibility index (Phi) is 6.23. The van der Waals surface area contributed by atoms with Crippen LogP contribution in [0.4, 0.5) is 23.7 Å². The number of aromatic nitrogens is 2. The number of nitrogens with zero attached hydrogens (tertiary/aromatic N) is 3. The predicted molar refractivity (Wildman–Crippen MR) is 89.8 cm³/mol. The second-order valence-corrected chi connectivity index (χ2v) is 5.83. The first-order valence-electron chi connectivity index (χ1n) is 8.28. The number of rotatable bonds is 6. The Morgan fingerprint density at radius 3 is 2.38 bits per heavy atom. The van der Waals surface area contributed by atoms with E-state index >= 15 is 0 Å². The predicted octanol–water partition coefficient (Wildman–Crippen LogP) is 4.44. The van der Waals surface area contributed by atoms with Crippen molar-refractivity contribution in [2.45, 2.75) is 39.3 Å². The van der Waals surface area contributed by atoms with Gasteiger partial charge in [0.15, 0.2) is 5.82 Å². The largest absolute Gasteiger partial charge is 0.416 e. The Labute approximate surface area is 149 Å². The highest BCUT2D eigenvalue weighted by Gasteiger charge is 2.30. The van der Waals surface area contributed by atoms with Crippen LogP contribution in [-0.2, 0) is 6.18 Å². The number of alkyl halides is 3. The number of hydrogen-bond donors (Lipinski definition) is 1. The van der Waals surface area contributed by atoms with Crippen LogP contribution in [0.1, 0.15) is 43.5 Å². The smallest absolute Gasteiger partial charge is 0.339 e.